The van der Waals surface area contributed by atoms with Crippen LogP contribution in [0.5, 0.6) is 5.75 Å². The quantitative estimate of drug-likeness (QED) is 0.773. The molecule has 0 aliphatic heterocycles. The third-order valence-corrected chi connectivity index (χ3v) is 3.41. The molecular weight excluding hydrogens is 242 g/mol. The molecule has 0 radical (unpaired) electrons. The highest BCUT2D eigenvalue weighted by atomic mass is 16.5. The number of para-hydroxylation sites is 1. The van der Waals surface area contributed by atoms with Gasteiger partial charge in [-0.3, -0.25) is 0 Å². The summed E-state index contributed by atoms with van der Waals surface area (Å²) in [5.74, 6) is 0.655. The summed E-state index contributed by atoms with van der Waals surface area (Å²) in [5.41, 5.74) is 5.03. The number of benzene rings is 1. The molecule has 4 nitrogen and oxygen atoms in total. The Hall–Kier alpha value is -1.10. The van der Waals surface area contributed by atoms with Crippen molar-refractivity contribution in [1.82, 2.24) is 0 Å². The molecule has 3 N–H and O–H groups in total. The second kappa shape index (κ2) is 6.37. The van der Waals surface area contributed by atoms with Crippen molar-refractivity contribution in [3.8, 4) is 5.75 Å². The van der Waals surface area contributed by atoms with Gasteiger partial charge in [0.25, 0.3) is 0 Å². The first-order chi connectivity index (χ1) is 8.86. The molecule has 0 heterocycles. The van der Waals surface area contributed by atoms with Gasteiger partial charge in [-0.25, -0.2) is 0 Å². The van der Waals surface area contributed by atoms with Crippen molar-refractivity contribution in [2.45, 2.75) is 26.4 Å². The number of hydrogen-bond acceptors (Lipinski definition) is 4. The third-order valence-electron chi connectivity index (χ3n) is 3.41. The van der Waals surface area contributed by atoms with Gasteiger partial charge >= 0.3 is 0 Å². The van der Waals surface area contributed by atoms with E-state index in [1.54, 1.807) is 7.11 Å². The predicted octanol–water partition coefficient (Wildman–Crippen LogP) is 1.90. The minimum absolute atomic E-state index is 0.140. The van der Waals surface area contributed by atoms with Crippen LogP contribution in [0.25, 0.3) is 0 Å². The third kappa shape index (κ3) is 3.47. The van der Waals surface area contributed by atoms with Gasteiger partial charge in [-0.1, -0.05) is 39.0 Å². The van der Waals surface area contributed by atoms with E-state index >= 15 is 0 Å². The van der Waals surface area contributed by atoms with E-state index in [0.29, 0.717) is 19.0 Å². The van der Waals surface area contributed by atoms with Crippen LogP contribution < -0.4 is 10.5 Å². The average molecular weight is 267 g/mol. The van der Waals surface area contributed by atoms with Crippen LogP contribution in [0.3, 0.4) is 0 Å². The van der Waals surface area contributed by atoms with Crippen molar-refractivity contribution in [1.29, 1.82) is 0 Å². The maximum atomic E-state index is 10.9. The van der Waals surface area contributed by atoms with Crippen LogP contribution in [-0.2, 0) is 10.3 Å². The van der Waals surface area contributed by atoms with Crippen LogP contribution in [0, 0.1) is 5.41 Å². The minimum Gasteiger partial charge on any atom is -0.491 e. The molecule has 1 aromatic rings. The Morgan fingerprint density at radius 2 is 1.79 bits per heavy atom. The van der Waals surface area contributed by atoms with Crippen molar-refractivity contribution in [3.05, 3.63) is 29.8 Å². The Kier molecular flexibility index (Phi) is 5.35. The first-order valence-corrected chi connectivity index (χ1v) is 6.50. The maximum Gasteiger partial charge on any atom is 0.125 e. The molecule has 19 heavy (non-hydrogen) atoms. The fraction of sp³-hybridized carbons (Fsp3) is 0.600. The maximum absolute atomic E-state index is 10.9. The Morgan fingerprint density at radius 3 is 2.32 bits per heavy atom. The highest BCUT2D eigenvalue weighted by molar-refractivity contribution is 5.39. The molecule has 1 unspecified atom stereocenters. The highest BCUT2D eigenvalue weighted by Crippen LogP contribution is 2.42. The molecule has 0 aliphatic rings. The van der Waals surface area contributed by atoms with Crippen molar-refractivity contribution in [2.24, 2.45) is 11.1 Å². The number of aliphatic hydroxyl groups is 1. The highest BCUT2D eigenvalue weighted by Gasteiger charge is 2.42. The zero-order chi connectivity index (χ0) is 14.5. The molecular formula is C15H25NO3. The van der Waals surface area contributed by atoms with Gasteiger partial charge in [0.1, 0.15) is 18.0 Å². The molecule has 1 atom stereocenters. The van der Waals surface area contributed by atoms with Gasteiger partial charge in [0.2, 0.25) is 0 Å². The fourth-order valence-electron chi connectivity index (χ4n) is 1.99. The summed E-state index contributed by atoms with van der Waals surface area (Å²) >= 11 is 0. The van der Waals surface area contributed by atoms with Crippen LogP contribution in [-0.4, -0.2) is 32.0 Å². The molecule has 4 heteroatoms. The summed E-state index contributed by atoms with van der Waals surface area (Å²) in [6, 6.07) is 7.47. The second-order valence-corrected chi connectivity index (χ2v) is 5.65. The predicted molar refractivity (Wildman–Crippen MR) is 76.2 cm³/mol. The van der Waals surface area contributed by atoms with Gasteiger partial charge in [0, 0.05) is 19.2 Å². The van der Waals surface area contributed by atoms with E-state index in [9.17, 15) is 5.11 Å². The van der Waals surface area contributed by atoms with Crippen LogP contribution in [0.1, 0.15) is 26.3 Å². The van der Waals surface area contributed by atoms with E-state index in [4.69, 9.17) is 15.2 Å². The van der Waals surface area contributed by atoms with Gasteiger partial charge in [-0.05, 0) is 11.5 Å². The number of hydrogen-bond donors (Lipinski definition) is 2. The molecule has 0 saturated heterocycles. The topological polar surface area (TPSA) is 64.7 Å². The largest absolute Gasteiger partial charge is 0.491 e. The zero-order valence-electron chi connectivity index (χ0n) is 12.3. The van der Waals surface area contributed by atoms with Crippen molar-refractivity contribution in [2.75, 3.05) is 26.9 Å². The van der Waals surface area contributed by atoms with Crippen LogP contribution in [0.4, 0.5) is 0 Å². The van der Waals surface area contributed by atoms with Crippen molar-refractivity contribution < 1.29 is 14.6 Å². The van der Waals surface area contributed by atoms with Crippen molar-refractivity contribution in [3.63, 3.8) is 0 Å². The van der Waals surface area contributed by atoms with E-state index in [0.717, 1.165) is 5.56 Å². The summed E-state index contributed by atoms with van der Waals surface area (Å²) in [4.78, 5) is 0. The van der Waals surface area contributed by atoms with Crippen LogP contribution >= 0.6 is 0 Å². The van der Waals surface area contributed by atoms with Gasteiger partial charge < -0.3 is 20.3 Å². The molecule has 1 rings (SSSR count). The summed E-state index contributed by atoms with van der Waals surface area (Å²) < 4.78 is 10.7. The van der Waals surface area contributed by atoms with E-state index in [1.807, 2.05) is 45.0 Å². The molecule has 0 saturated carbocycles. The van der Waals surface area contributed by atoms with E-state index in [-0.39, 0.29) is 12.0 Å². The summed E-state index contributed by atoms with van der Waals surface area (Å²) in [7, 11) is 1.63. The average Bonchev–Trinajstić information content (AvgIpc) is 2.37. The molecule has 0 aliphatic carbocycles. The van der Waals surface area contributed by atoms with Gasteiger partial charge in [0.15, 0.2) is 0 Å². The lowest BCUT2D eigenvalue weighted by molar-refractivity contribution is -0.0577. The molecule has 0 fully saturated rings. The van der Waals surface area contributed by atoms with E-state index < -0.39 is 5.60 Å². The molecule has 0 bridgehead atoms. The Morgan fingerprint density at radius 1 is 1.16 bits per heavy atom. The molecule has 1 aromatic carbocycles. The van der Waals surface area contributed by atoms with Crippen molar-refractivity contribution >= 4 is 0 Å². The Balaban J connectivity index is 3.10. The normalized spacial score (nSPS) is 15.1. The van der Waals surface area contributed by atoms with Gasteiger partial charge in [-0.15, -0.1) is 0 Å². The van der Waals surface area contributed by atoms with E-state index in [2.05, 4.69) is 0 Å². The molecule has 0 amide bonds. The smallest absolute Gasteiger partial charge is 0.125 e. The fourth-order valence-corrected chi connectivity index (χ4v) is 1.99. The number of methoxy groups -OCH3 is 1. The SMILES string of the molecule is COCCOc1ccccc1C(O)(CN)C(C)(C)C. The van der Waals surface area contributed by atoms with Crippen LogP contribution in [0.2, 0.25) is 0 Å². The second-order valence-electron chi connectivity index (χ2n) is 5.65. The standard InChI is InChI=1S/C15H25NO3/c1-14(2,3)15(17,11-16)12-7-5-6-8-13(12)19-10-9-18-4/h5-8,17H,9-11,16H2,1-4H3. The Bertz CT molecular complexity index is 401. The number of nitrogens with two attached hydrogens (primary N) is 1. The monoisotopic (exact) mass is 267 g/mol. The summed E-state index contributed by atoms with van der Waals surface area (Å²) in [6.07, 6.45) is 0. The van der Waals surface area contributed by atoms with Gasteiger partial charge in [-0.2, -0.15) is 0 Å². The first kappa shape index (κ1) is 16.0. The zero-order valence-corrected chi connectivity index (χ0v) is 12.3. The molecule has 108 valence electrons. The van der Waals surface area contributed by atoms with E-state index in [1.165, 1.54) is 0 Å². The minimum atomic E-state index is -1.13. The lowest BCUT2D eigenvalue weighted by atomic mass is 9.72. The van der Waals surface area contributed by atoms with Crippen LogP contribution in [0.15, 0.2) is 24.3 Å². The summed E-state index contributed by atoms with van der Waals surface area (Å²) in [5, 5.41) is 10.9. The lowest BCUT2D eigenvalue weighted by Crippen LogP contribution is -2.46. The lowest BCUT2D eigenvalue weighted by Gasteiger charge is -2.40. The first-order valence-electron chi connectivity index (χ1n) is 6.50. The summed E-state index contributed by atoms with van der Waals surface area (Å²) in [6.45, 7) is 6.98. The molecule has 0 spiro atoms. The number of rotatable bonds is 6. The molecule has 0 aromatic heterocycles. The van der Waals surface area contributed by atoms with Gasteiger partial charge in [0.05, 0.1) is 6.61 Å². The Labute approximate surface area is 115 Å². The number of ether oxygens (including phenoxy) is 2.